The van der Waals surface area contributed by atoms with E-state index in [2.05, 4.69) is 5.32 Å². The van der Waals surface area contributed by atoms with E-state index in [1.807, 2.05) is 66.2 Å². The summed E-state index contributed by atoms with van der Waals surface area (Å²) >= 11 is 0. The maximum atomic E-state index is 14.2. The zero-order valence-electron chi connectivity index (χ0n) is 23.3. The molecule has 2 aliphatic rings. The SMILES string of the molecule is Cc1cccc(C2c3cccn3-c3ccccc3N2C(=O)CN(C(=O)Nc2cc(C(F)(F)F)cc(C(F)(F)F)c2)C2CC2)c1. The molecule has 0 spiro atoms. The summed E-state index contributed by atoms with van der Waals surface area (Å²) in [6, 6.07) is 17.7. The van der Waals surface area contributed by atoms with Gasteiger partial charge >= 0.3 is 18.4 Å². The number of urea groups is 1. The highest BCUT2D eigenvalue weighted by atomic mass is 19.4. The van der Waals surface area contributed by atoms with Crippen molar-refractivity contribution in [3.63, 3.8) is 0 Å². The first-order valence-electron chi connectivity index (χ1n) is 13.8. The lowest BCUT2D eigenvalue weighted by Gasteiger charge is -2.39. The zero-order chi connectivity index (χ0) is 31.4. The number of amides is 3. The number of para-hydroxylation sites is 2. The van der Waals surface area contributed by atoms with Crippen LogP contribution in [0, 0.1) is 6.92 Å². The lowest BCUT2D eigenvalue weighted by atomic mass is 9.96. The van der Waals surface area contributed by atoms with Crippen LogP contribution in [0.15, 0.2) is 85.1 Å². The predicted molar refractivity (Wildman–Crippen MR) is 151 cm³/mol. The number of hydrogen-bond acceptors (Lipinski definition) is 2. The van der Waals surface area contributed by atoms with Crippen LogP contribution in [0.4, 0.5) is 42.5 Å². The summed E-state index contributed by atoms with van der Waals surface area (Å²) in [4.78, 5) is 30.4. The van der Waals surface area contributed by atoms with Gasteiger partial charge in [0.2, 0.25) is 5.91 Å². The summed E-state index contributed by atoms with van der Waals surface area (Å²) in [6.45, 7) is 1.49. The molecule has 1 atom stereocenters. The quantitative estimate of drug-likeness (QED) is 0.233. The van der Waals surface area contributed by atoms with Gasteiger partial charge in [0, 0.05) is 17.9 Å². The number of halogens is 6. The molecule has 0 saturated heterocycles. The number of hydrogen-bond donors (Lipinski definition) is 1. The third-order valence-corrected chi connectivity index (χ3v) is 7.74. The monoisotopic (exact) mass is 612 g/mol. The van der Waals surface area contributed by atoms with E-state index in [4.69, 9.17) is 0 Å². The molecule has 1 aliphatic carbocycles. The highest BCUT2D eigenvalue weighted by Crippen LogP contribution is 2.43. The first-order chi connectivity index (χ1) is 20.8. The Labute approximate surface area is 248 Å². The summed E-state index contributed by atoms with van der Waals surface area (Å²) in [6.07, 6.45) is -7.17. The van der Waals surface area contributed by atoms with Crippen molar-refractivity contribution in [3.05, 3.63) is 113 Å². The van der Waals surface area contributed by atoms with Gasteiger partial charge in [-0.3, -0.25) is 9.69 Å². The molecule has 3 aromatic carbocycles. The Balaban J connectivity index is 1.34. The zero-order valence-corrected chi connectivity index (χ0v) is 23.3. The van der Waals surface area contributed by atoms with Crippen molar-refractivity contribution in [1.82, 2.24) is 9.47 Å². The van der Waals surface area contributed by atoms with Gasteiger partial charge in [0.05, 0.1) is 28.2 Å². The Morgan fingerprint density at radius 2 is 1.50 bits per heavy atom. The smallest absolute Gasteiger partial charge is 0.316 e. The molecule has 12 heteroatoms. The number of aromatic nitrogens is 1. The Morgan fingerprint density at radius 3 is 2.11 bits per heavy atom. The van der Waals surface area contributed by atoms with Crippen molar-refractivity contribution in [1.29, 1.82) is 0 Å². The maximum Gasteiger partial charge on any atom is 0.416 e. The fraction of sp³-hybridized carbons (Fsp3) is 0.250. The molecule has 228 valence electrons. The van der Waals surface area contributed by atoms with Crippen LogP contribution in [0.1, 0.15) is 46.8 Å². The Hall–Kier alpha value is -4.74. The van der Waals surface area contributed by atoms with Crippen molar-refractivity contribution in [2.24, 2.45) is 0 Å². The summed E-state index contributed by atoms with van der Waals surface area (Å²) in [5.74, 6) is -0.460. The minimum Gasteiger partial charge on any atom is -0.316 e. The van der Waals surface area contributed by atoms with Gasteiger partial charge in [-0.15, -0.1) is 0 Å². The number of aryl methyl sites for hydroxylation is 1. The molecule has 4 aromatic rings. The number of alkyl halides is 6. The number of fused-ring (bicyclic) bond motifs is 3. The van der Waals surface area contributed by atoms with Crippen molar-refractivity contribution in [2.75, 3.05) is 16.8 Å². The molecule has 1 fully saturated rings. The van der Waals surface area contributed by atoms with Gasteiger partial charge in [-0.05, 0) is 67.8 Å². The number of benzene rings is 3. The molecule has 6 nitrogen and oxygen atoms in total. The van der Waals surface area contributed by atoms with Crippen LogP contribution < -0.4 is 10.2 Å². The molecule has 1 aromatic heterocycles. The third-order valence-electron chi connectivity index (χ3n) is 7.74. The Kier molecular flexibility index (Phi) is 7.17. The average Bonchev–Trinajstić information content (AvgIpc) is 3.68. The largest absolute Gasteiger partial charge is 0.416 e. The number of nitrogens with one attached hydrogen (secondary N) is 1. The normalized spacial score (nSPS) is 16.2. The van der Waals surface area contributed by atoms with E-state index in [9.17, 15) is 35.9 Å². The first-order valence-corrected chi connectivity index (χ1v) is 13.8. The lowest BCUT2D eigenvalue weighted by Crippen LogP contribution is -2.48. The van der Waals surface area contributed by atoms with Crippen LogP contribution in [0.25, 0.3) is 5.69 Å². The highest BCUT2D eigenvalue weighted by Gasteiger charge is 2.41. The summed E-state index contributed by atoms with van der Waals surface area (Å²) in [5.41, 5.74) is 0.190. The molecule has 6 rings (SSSR count). The van der Waals surface area contributed by atoms with Crippen molar-refractivity contribution in [2.45, 2.75) is 44.2 Å². The summed E-state index contributed by atoms with van der Waals surface area (Å²) in [5, 5.41) is 2.19. The van der Waals surface area contributed by atoms with E-state index in [1.54, 1.807) is 17.0 Å². The van der Waals surface area contributed by atoms with Gasteiger partial charge in [0.15, 0.2) is 0 Å². The fourth-order valence-electron chi connectivity index (χ4n) is 5.61. The molecule has 1 unspecified atom stereocenters. The molecule has 44 heavy (non-hydrogen) atoms. The predicted octanol–water partition coefficient (Wildman–Crippen LogP) is 7.96. The summed E-state index contributed by atoms with van der Waals surface area (Å²) < 4.78 is 82.5. The van der Waals surface area contributed by atoms with Crippen LogP contribution in [0.2, 0.25) is 0 Å². The topological polar surface area (TPSA) is 57.6 Å². The van der Waals surface area contributed by atoms with Gasteiger partial charge in [0.1, 0.15) is 12.6 Å². The van der Waals surface area contributed by atoms with Crippen molar-refractivity contribution in [3.8, 4) is 5.69 Å². The van der Waals surface area contributed by atoms with E-state index in [-0.39, 0.29) is 6.07 Å². The van der Waals surface area contributed by atoms with Crippen LogP contribution in [-0.2, 0) is 17.1 Å². The van der Waals surface area contributed by atoms with Crippen LogP contribution in [0.3, 0.4) is 0 Å². The van der Waals surface area contributed by atoms with Crippen LogP contribution in [-0.4, -0.2) is 34.0 Å². The highest BCUT2D eigenvalue weighted by molar-refractivity contribution is 6.01. The maximum absolute atomic E-state index is 14.2. The molecule has 1 saturated carbocycles. The van der Waals surface area contributed by atoms with Crippen molar-refractivity contribution < 1.29 is 35.9 Å². The molecule has 1 aliphatic heterocycles. The number of rotatable bonds is 5. The number of anilines is 2. The van der Waals surface area contributed by atoms with E-state index in [1.165, 1.54) is 4.90 Å². The second-order valence-corrected chi connectivity index (χ2v) is 11.0. The standard InChI is InChI=1S/C32H26F6N4O2/c1-19-6-4-7-20(14-19)29-27-10-5-13-40(27)25-8-2-3-9-26(25)42(29)28(43)18-41(24-11-12-24)30(44)39-23-16-21(31(33,34)35)15-22(17-23)32(36,37)38/h2-10,13-17,24,29H,11-12,18H2,1H3,(H,39,44). The lowest BCUT2D eigenvalue weighted by molar-refractivity contribution is -0.143. The number of carbonyl (C=O) groups excluding carboxylic acids is 2. The van der Waals surface area contributed by atoms with E-state index < -0.39 is 59.7 Å². The second-order valence-electron chi connectivity index (χ2n) is 11.0. The third kappa shape index (κ3) is 5.63. The molecule has 3 amide bonds. The van der Waals surface area contributed by atoms with E-state index in [0.717, 1.165) is 22.5 Å². The Morgan fingerprint density at radius 1 is 0.841 bits per heavy atom. The van der Waals surface area contributed by atoms with E-state index in [0.29, 0.717) is 30.7 Å². The minimum absolute atomic E-state index is 0.00702. The molecule has 1 N–H and O–H groups in total. The number of carbonyl (C=O) groups is 2. The molecule has 0 bridgehead atoms. The van der Waals surface area contributed by atoms with Gasteiger partial charge in [-0.25, -0.2) is 4.79 Å². The van der Waals surface area contributed by atoms with Crippen molar-refractivity contribution >= 4 is 23.3 Å². The molecular formula is C32H26F6N4O2. The molecular weight excluding hydrogens is 586 g/mol. The average molecular weight is 613 g/mol. The van der Waals surface area contributed by atoms with E-state index >= 15 is 0 Å². The van der Waals surface area contributed by atoms with Gasteiger partial charge < -0.3 is 14.8 Å². The van der Waals surface area contributed by atoms with Gasteiger partial charge in [0.25, 0.3) is 0 Å². The fourth-order valence-corrected chi connectivity index (χ4v) is 5.61. The van der Waals surface area contributed by atoms with Crippen LogP contribution >= 0.6 is 0 Å². The van der Waals surface area contributed by atoms with Gasteiger partial charge in [-0.2, -0.15) is 26.3 Å². The number of nitrogens with zero attached hydrogens (tertiary/aromatic N) is 3. The summed E-state index contributed by atoms with van der Waals surface area (Å²) in [7, 11) is 0. The molecule has 0 radical (unpaired) electrons. The second kappa shape index (κ2) is 10.8. The Bertz CT molecular complexity index is 1710. The van der Waals surface area contributed by atoms with Crippen LogP contribution in [0.5, 0.6) is 0 Å². The van der Waals surface area contributed by atoms with Gasteiger partial charge in [-0.1, -0.05) is 42.0 Å². The first kappa shape index (κ1) is 29.3. The molecule has 2 heterocycles. The minimum atomic E-state index is -5.07.